The fourth-order valence-electron chi connectivity index (χ4n) is 1.47. The van der Waals surface area contributed by atoms with Crippen molar-refractivity contribution in [3.63, 3.8) is 0 Å². The second kappa shape index (κ2) is 5.55. The van der Waals surface area contributed by atoms with Crippen LogP contribution in [0.4, 0.5) is 0 Å². The van der Waals surface area contributed by atoms with Crippen molar-refractivity contribution in [2.75, 3.05) is 14.1 Å². The summed E-state index contributed by atoms with van der Waals surface area (Å²) in [4.78, 5) is 2.12. The van der Waals surface area contributed by atoms with Crippen molar-refractivity contribution in [3.05, 3.63) is 0 Å². The smallest absolute Gasteiger partial charge is 0.0692 e. The lowest BCUT2D eigenvalue weighted by molar-refractivity contribution is 0.0612. The van der Waals surface area contributed by atoms with Gasteiger partial charge in [-0.2, -0.15) is 0 Å². The van der Waals surface area contributed by atoms with Gasteiger partial charge < -0.3 is 10.0 Å². The number of nitrogens with zero attached hydrogens (tertiary/aromatic N) is 1. The maximum atomic E-state index is 9.70. The fourth-order valence-corrected chi connectivity index (χ4v) is 1.47. The van der Waals surface area contributed by atoms with Crippen LogP contribution < -0.4 is 0 Å². The Bertz CT molecular complexity index is 112. The average Bonchev–Trinajstić information content (AvgIpc) is 1.98. The molecule has 0 radical (unpaired) electrons. The predicted molar refractivity (Wildman–Crippen MR) is 53.2 cm³/mol. The van der Waals surface area contributed by atoms with Crippen LogP contribution in [0.3, 0.4) is 0 Å². The van der Waals surface area contributed by atoms with E-state index in [2.05, 4.69) is 18.7 Å². The maximum absolute atomic E-state index is 9.70. The zero-order chi connectivity index (χ0) is 9.72. The Balaban J connectivity index is 4.03. The Kier molecular flexibility index (Phi) is 5.51. The molecule has 0 rings (SSSR count). The van der Waals surface area contributed by atoms with Crippen molar-refractivity contribution < 1.29 is 5.11 Å². The molecule has 0 aromatic carbocycles. The minimum absolute atomic E-state index is 0.178. The van der Waals surface area contributed by atoms with Gasteiger partial charge in [-0.1, -0.05) is 20.8 Å². The summed E-state index contributed by atoms with van der Waals surface area (Å²) in [5.41, 5.74) is 0. The summed E-state index contributed by atoms with van der Waals surface area (Å²) in [6.07, 6.45) is 1.74. The van der Waals surface area contributed by atoms with Gasteiger partial charge in [0.2, 0.25) is 0 Å². The summed E-state index contributed by atoms with van der Waals surface area (Å²) < 4.78 is 0. The Morgan fingerprint density at radius 1 is 1.25 bits per heavy atom. The van der Waals surface area contributed by atoms with Crippen LogP contribution in [0.1, 0.15) is 33.6 Å². The summed E-state index contributed by atoms with van der Waals surface area (Å²) in [6.45, 7) is 6.42. The minimum Gasteiger partial charge on any atom is -0.392 e. The monoisotopic (exact) mass is 173 g/mol. The molecule has 74 valence electrons. The largest absolute Gasteiger partial charge is 0.392 e. The van der Waals surface area contributed by atoms with E-state index in [4.69, 9.17) is 0 Å². The molecule has 0 saturated carbocycles. The molecule has 0 aromatic rings. The van der Waals surface area contributed by atoms with Crippen molar-refractivity contribution >= 4 is 0 Å². The highest BCUT2D eigenvalue weighted by Crippen LogP contribution is 2.14. The van der Waals surface area contributed by atoms with E-state index in [0.29, 0.717) is 12.0 Å². The Morgan fingerprint density at radius 2 is 1.75 bits per heavy atom. The quantitative estimate of drug-likeness (QED) is 0.684. The van der Waals surface area contributed by atoms with Crippen molar-refractivity contribution in [3.8, 4) is 0 Å². The highest BCUT2D eigenvalue weighted by molar-refractivity contribution is 4.75. The number of rotatable bonds is 5. The highest BCUT2D eigenvalue weighted by Gasteiger charge is 2.20. The summed E-state index contributed by atoms with van der Waals surface area (Å²) in [7, 11) is 4.07. The van der Waals surface area contributed by atoms with Crippen molar-refractivity contribution in [2.24, 2.45) is 5.92 Å². The lowest BCUT2D eigenvalue weighted by atomic mass is 9.97. The molecule has 0 aliphatic carbocycles. The number of hydrogen-bond acceptors (Lipinski definition) is 2. The van der Waals surface area contributed by atoms with Crippen LogP contribution in [-0.2, 0) is 0 Å². The first-order valence-corrected chi connectivity index (χ1v) is 4.83. The number of hydrogen-bond donors (Lipinski definition) is 1. The van der Waals surface area contributed by atoms with E-state index in [1.807, 2.05) is 21.0 Å². The first-order chi connectivity index (χ1) is 5.49. The van der Waals surface area contributed by atoms with E-state index in [9.17, 15) is 5.11 Å². The van der Waals surface area contributed by atoms with E-state index in [-0.39, 0.29) is 6.10 Å². The van der Waals surface area contributed by atoms with Crippen LogP contribution in [-0.4, -0.2) is 36.2 Å². The lowest BCUT2D eigenvalue weighted by Gasteiger charge is -2.29. The second-order valence-corrected chi connectivity index (χ2v) is 4.14. The second-order valence-electron chi connectivity index (χ2n) is 4.14. The molecule has 0 saturated heterocycles. The number of likely N-dealkylation sites (N-methyl/N-ethyl adjacent to an activating group) is 1. The van der Waals surface area contributed by atoms with E-state index in [1.165, 1.54) is 0 Å². The van der Waals surface area contributed by atoms with Crippen LogP contribution >= 0.6 is 0 Å². The molecule has 0 aliphatic rings. The zero-order valence-corrected chi connectivity index (χ0v) is 9.04. The molecule has 0 fully saturated rings. The minimum atomic E-state index is -0.178. The third kappa shape index (κ3) is 4.07. The maximum Gasteiger partial charge on any atom is 0.0692 e. The first-order valence-electron chi connectivity index (χ1n) is 4.83. The molecule has 0 bridgehead atoms. The number of aliphatic hydroxyl groups is 1. The molecule has 2 unspecified atom stereocenters. The Labute approximate surface area is 76.6 Å². The molecule has 0 spiro atoms. The Hall–Kier alpha value is -0.0800. The zero-order valence-electron chi connectivity index (χ0n) is 9.04. The summed E-state index contributed by atoms with van der Waals surface area (Å²) in [5.74, 6) is 0.651. The third-order valence-electron chi connectivity index (χ3n) is 2.24. The first kappa shape index (κ1) is 11.9. The molecule has 0 amide bonds. The van der Waals surface area contributed by atoms with Gasteiger partial charge in [0.15, 0.2) is 0 Å². The van der Waals surface area contributed by atoms with Gasteiger partial charge in [0, 0.05) is 6.04 Å². The lowest BCUT2D eigenvalue weighted by Crippen LogP contribution is -2.39. The van der Waals surface area contributed by atoms with Crippen molar-refractivity contribution in [1.29, 1.82) is 0 Å². The predicted octanol–water partition coefficient (Wildman–Crippen LogP) is 1.73. The van der Waals surface area contributed by atoms with Crippen LogP contribution in [0, 0.1) is 5.92 Å². The van der Waals surface area contributed by atoms with Gasteiger partial charge in [0.1, 0.15) is 0 Å². The van der Waals surface area contributed by atoms with Crippen molar-refractivity contribution in [1.82, 2.24) is 4.90 Å². The van der Waals surface area contributed by atoms with Gasteiger partial charge in [-0.3, -0.25) is 0 Å². The van der Waals surface area contributed by atoms with Gasteiger partial charge in [0.05, 0.1) is 6.10 Å². The van der Waals surface area contributed by atoms with E-state index in [0.717, 1.165) is 12.8 Å². The molecule has 2 atom stereocenters. The molecule has 0 aromatic heterocycles. The third-order valence-corrected chi connectivity index (χ3v) is 2.24. The van der Waals surface area contributed by atoms with E-state index >= 15 is 0 Å². The molecular weight excluding hydrogens is 150 g/mol. The van der Waals surface area contributed by atoms with Gasteiger partial charge in [-0.15, -0.1) is 0 Å². The summed E-state index contributed by atoms with van der Waals surface area (Å²) in [6, 6.07) is 0.315. The highest BCUT2D eigenvalue weighted by atomic mass is 16.3. The van der Waals surface area contributed by atoms with Gasteiger partial charge in [0.25, 0.3) is 0 Å². The Morgan fingerprint density at radius 3 is 2.00 bits per heavy atom. The van der Waals surface area contributed by atoms with Crippen LogP contribution in [0.2, 0.25) is 0 Å². The van der Waals surface area contributed by atoms with Gasteiger partial charge >= 0.3 is 0 Å². The van der Waals surface area contributed by atoms with Crippen LogP contribution in [0.5, 0.6) is 0 Å². The molecular formula is C10H23NO. The van der Waals surface area contributed by atoms with Gasteiger partial charge in [-0.25, -0.2) is 0 Å². The molecule has 0 aliphatic heterocycles. The molecule has 0 heterocycles. The normalized spacial score (nSPS) is 17.0. The average molecular weight is 173 g/mol. The SMILES string of the molecule is CCC(O)C(CC(C)C)N(C)C. The molecule has 1 N–H and O–H groups in total. The topological polar surface area (TPSA) is 23.5 Å². The number of aliphatic hydroxyl groups excluding tert-OH is 1. The summed E-state index contributed by atoms with van der Waals surface area (Å²) in [5, 5.41) is 9.70. The molecule has 2 heteroatoms. The molecule has 2 nitrogen and oxygen atoms in total. The van der Waals surface area contributed by atoms with E-state index in [1.54, 1.807) is 0 Å². The summed E-state index contributed by atoms with van der Waals surface area (Å²) >= 11 is 0. The standard InChI is InChI=1S/C10H23NO/c1-6-10(12)9(11(4)5)7-8(2)3/h8-10,12H,6-7H2,1-5H3. The van der Waals surface area contributed by atoms with Crippen LogP contribution in [0.15, 0.2) is 0 Å². The molecule has 12 heavy (non-hydrogen) atoms. The van der Waals surface area contributed by atoms with Crippen LogP contribution in [0.25, 0.3) is 0 Å². The van der Waals surface area contributed by atoms with E-state index < -0.39 is 0 Å². The fraction of sp³-hybridized carbons (Fsp3) is 1.00. The van der Waals surface area contributed by atoms with Gasteiger partial charge in [-0.05, 0) is 32.9 Å². The van der Waals surface area contributed by atoms with Crippen molar-refractivity contribution in [2.45, 2.75) is 45.8 Å².